The number of aryl methyl sites for hydroxylation is 1. The number of aromatic nitrogens is 2. The maximum Gasteiger partial charge on any atom is 0.226 e. The molecule has 0 bridgehead atoms. The molecule has 0 spiro atoms. The molecule has 1 aromatic heterocycles. The lowest BCUT2D eigenvalue weighted by atomic mass is 10.3. The number of benzene rings is 2. The summed E-state index contributed by atoms with van der Waals surface area (Å²) in [7, 11) is 0. The van der Waals surface area contributed by atoms with Gasteiger partial charge in [-0.1, -0.05) is 24.3 Å². The Morgan fingerprint density at radius 2 is 1.68 bits per heavy atom. The zero-order chi connectivity index (χ0) is 21.9. The van der Waals surface area contributed by atoms with Gasteiger partial charge in [-0.2, -0.15) is 0 Å². The highest BCUT2D eigenvalue weighted by Gasteiger charge is 2.13. The van der Waals surface area contributed by atoms with Crippen LogP contribution < -0.4 is 14.8 Å². The first-order valence-corrected chi connectivity index (χ1v) is 10.9. The molecule has 0 saturated carbocycles. The van der Waals surface area contributed by atoms with Crippen molar-refractivity contribution in [2.24, 2.45) is 0 Å². The van der Waals surface area contributed by atoms with Gasteiger partial charge in [0.15, 0.2) is 11.5 Å². The van der Waals surface area contributed by atoms with Gasteiger partial charge in [0.2, 0.25) is 11.9 Å². The summed E-state index contributed by atoms with van der Waals surface area (Å²) in [5.41, 5.74) is 1.87. The van der Waals surface area contributed by atoms with E-state index in [1.54, 1.807) is 0 Å². The van der Waals surface area contributed by atoms with E-state index in [4.69, 9.17) is 14.2 Å². The van der Waals surface area contributed by atoms with Crippen LogP contribution in [0.2, 0.25) is 0 Å². The molecule has 0 atom stereocenters. The van der Waals surface area contributed by atoms with Crippen LogP contribution >= 0.6 is 0 Å². The van der Waals surface area contributed by atoms with Crippen molar-refractivity contribution >= 4 is 22.9 Å². The van der Waals surface area contributed by atoms with Gasteiger partial charge >= 0.3 is 0 Å². The number of nitrogens with zero attached hydrogens (tertiary/aromatic N) is 2. The molecule has 1 amide bonds. The maximum atomic E-state index is 12.5. The largest absolute Gasteiger partial charge is 0.490 e. The SMILES string of the molecule is CCOCCCn1c(NC(=O)CCCOc2ccccc2OCC)nc2ccccc21. The summed E-state index contributed by atoms with van der Waals surface area (Å²) in [6, 6.07) is 15.5. The van der Waals surface area contributed by atoms with E-state index in [2.05, 4.69) is 10.3 Å². The Morgan fingerprint density at radius 3 is 2.45 bits per heavy atom. The molecule has 0 saturated heterocycles. The van der Waals surface area contributed by atoms with Gasteiger partial charge in [0.05, 0.1) is 24.2 Å². The molecule has 3 rings (SSSR count). The number of rotatable bonds is 13. The predicted molar refractivity (Wildman–Crippen MR) is 122 cm³/mol. The van der Waals surface area contributed by atoms with Crippen molar-refractivity contribution in [1.82, 2.24) is 9.55 Å². The van der Waals surface area contributed by atoms with Gasteiger partial charge < -0.3 is 18.8 Å². The smallest absolute Gasteiger partial charge is 0.226 e. The van der Waals surface area contributed by atoms with Gasteiger partial charge in [0, 0.05) is 26.2 Å². The standard InChI is InChI=1S/C24H31N3O4/c1-3-29-17-10-16-27-20-12-6-5-11-19(20)25-24(27)26-23(28)15-9-18-31-22-14-8-7-13-21(22)30-4-2/h5-8,11-14H,3-4,9-10,15-18H2,1-2H3,(H,25,26,28). The molecule has 166 valence electrons. The van der Waals surface area contributed by atoms with E-state index >= 15 is 0 Å². The van der Waals surface area contributed by atoms with E-state index in [9.17, 15) is 4.79 Å². The number of carbonyl (C=O) groups is 1. The molecule has 31 heavy (non-hydrogen) atoms. The van der Waals surface area contributed by atoms with E-state index in [-0.39, 0.29) is 5.91 Å². The van der Waals surface area contributed by atoms with Crippen LogP contribution in [0.25, 0.3) is 11.0 Å². The first kappa shape index (κ1) is 22.6. The number of para-hydroxylation sites is 4. The number of amides is 1. The third-order valence-electron chi connectivity index (χ3n) is 4.74. The topological polar surface area (TPSA) is 74.6 Å². The van der Waals surface area contributed by atoms with Crippen LogP contribution in [0, 0.1) is 0 Å². The lowest BCUT2D eigenvalue weighted by molar-refractivity contribution is -0.116. The van der Waals surface area contributed by atoms with Crippen molar-refractivity contribution in [3.8, 4) is 11.5 Å². The van der Waals surface area contributed by atoms with E-state index in [0.717, 1.165) is 29.7 Å². The van der Waals surface area contributed by atoms with Crippen molar-refractivity contribution in [2.75, 3.05) is 31.7 Å². The van der Waals surface area contributed by atoms with Crippen molar-refractivity contribution < 1.29 is 19.0 Å². The average molecular weight is 426 g/mol. The van der Waals surface area contributed by atoms with E-state index in [1.165, 1.54) is 0 Å². The van der Waals surface area contributed by atoms with Crippen LogP contribution in [0.5, 0.6) is 11.5 Å². The Labute approximate surface area is 183 Å². The normalized spacial score (nSPS) is 10.9. The van der Waals surface area contributed by atoms with Gasteiger partial charge in [0.1, 0.15) is 0 Å². The minimum Gasteiger partial charge on any atom is -0.490 e. The number of anilines is 1. The number of hydrogen-bond acceptors (Lipinski definition) is 5. The average Bonchev–Trinajstić information content (AvgIpc) is 3.12. The molecular weight excluding hydrogens is 394 g/mol. The predicted octanol–water partition coefficient (Wildman–Crippen LogP) is 4.66. The van der Waals surface area contributed by atoms with Gasteiger partial charge in [-0.3, -0.25) is 10.1 Å². The summed E-state index contributed by atoms with van der Waals surface area (Å²) in [6.45, 7) is 7.04. The van der Waals surface area contributed by atoms with Crippen LogP contribution in [-0.2, 0) is 16.1 Å². The number of nitrogens with one attached hydrogen (secondary N) is 1. The number of carbonyl (C=O) groups excluding carboxylic acids is 1. The fourth-order valence-corrected chi connectivity index (χ4v) is 3.31. The zero-order valence-electron chi connectivity index (χ0n) is 18.3. The van der Waals surface area contributed by atoms with Crippen LogP contribution in [0.15, 0.2) is 48.5 Å². The van der Waals surface area contributed by atoms with Crippen LogP contribution in [0.4, 0.5) is 5.95 Å². The number of ether oxygens (including phenoxy) is 3. The zero-order valence-corrected chi connectivity index (χ0v) is 18.3. The Morgan fingerprint density at radius 1 is 0.935 bits per heavy atom. The van der Waals surface area contributed by atoms with Crippen LogP contribution in [-0.4, -0.2) is 41.9 Å². The molecule has 7 nitrogen and oxygen atoms in total. The van der Waals surface area contributed by atoms with E-state index < -0.39 is 0 Å². The highest BCUT2D eigenvalue weighted by atomic mass is 16.5. The fraction of sp³-hybridized carbons (Fsp3) is 0.417. The Kier molecular flexibility index (Phi) is 8.72. The first-order valence-electron chi connectivity index (χ1n) is 10.9. The lowest BCUT2D eigenvalue weighted by Gasteiger charge is -2.12. The second kappa shape index (κ2) is 12.0. The minimum atomic E-state index is -0.0805. The van der Waals surface area contributed by atoms with Gasteiger partial charge in [0.25, 0.3) is 0 Å². The van der Waals surface area contributed by atoms with Gasteiger partial charge in [-0.05, 0) is 51.0 Å². The third kappa shape index (κ3) is 6.46. The number of hydrogen-bond donors (Lipinski definition) is 1. The Hall–Kier alpha value is -3.06. The second-order valence-electron chi connectivity index (χ2n) is 7.01. The number of imidazole rings is 1. The summed E-state index contributed by atoms with van der Waals surface area (Å²) in [5.74, 6) is 1.91. The molecule has 1 N–H and O–H groups in total. The van der Waals surface area contributed by atoms with Gasteiger partial charge in [-0.15, -0.1) is 0 Å². The fourth-order valence-electron chi connectivity index (χ4n) is 3.31. The van der Waals surface area contributed by atoms with Crippen molar-refractivity contribution in [1.29, 1.82) is 0 Å². The molecule has 2 aromatic carbocycles. The summed E-state index contributed by atoms with van der Waals surface area (Å²) in [5, 5.41) is 2.96. The number of fused-ring (bicyclic) bond motifs is 1. The second-order valence-corrected chi connectivity index (χ2v) is 7.01. The molecule has 1 heterocycles. The quantitative estimate of drug-likeness (QED) is 0.403. The molecule has 3 aromatic rings. The molecule has 0 aliphatic heterocycles. The van der Waals surface area contributed by atoms with Crippen molar-refractivity contribution in [2.45, 2.75) is 39.7 Å². The monoisotopic (exact) mass is 425 g/mol. The molecule has 0 fully saturated rings. The van der Waals surface area contributed by atoms with Gasteiger partial charge in [-0.25, -0.2) is 4.98 Å². The Balaban J connectivity index is 1.54. The molecule has 0 radical (unpaired) electrons. The molecule has 7 heteroatoms. The maximum absolute atomic E-state index is 12.5. The summed E-state index contributed by atoms with van der Waals surface area (Å²) < 4.78 is 18.8. The third-order valence-corrected chi connectivity index (χ3v) is 4.74. The van der Waals surface area contributed by atoms with Crippen molar-refractivity contribution in [3.63, 3.8) is 0 Å². The molecule has 0 aliphatic rings. The molecule has 0 aliphatic carbocycles. The lowest BCUT2D eigenvalue weighted by Crippen LogP contribution is -2.17. The van der Waals surface area contributed by atoms with E-state index in [0.29, 0.717) is 51.0 Å². The van der Waals surface area contributed by atoms with Crippen LogP contribution in [0.1, 0.15) is 33.1 Å². The van der Waals surface area contributed by atoms with Crippen LogP contribution in [0.3, 0.4) is 0 Å². The summed E-state index contributed by atoms with van der Waals surface area (Å²) >= 11 is 0. The minimum absolute atomic E-state index is 0.0805. The molecule has 0 unspecified atom stereocenters. The molecular formula is C24H31N3O4. The highest BCUT2D eigenvalue weighted by Crippen LogP contribution is 2.26. The Bertz CT molecular complexity index is 970. The summed E-state index contributed by atoms with van der Waals surface area (Å²) in [6.07, 6.45) is 1.79. The first-order chi connectivity index (χ1) is 15.2. The highest BCUT2D eigenvalue weighted by molar-refractivity contribution is 5.91. The van der Waals surface area contributed by atoms with Crippen molar-refractivity contribution in [3.05, 3.63) is 48.5 Å². The van der Waals surface area contributed by atoms with E-state index in [1.807, 2.05) is 66.9 Å². The summed E-state index contributed by atoms with van der Waals surface area (Å²) in [4.78, 5) is 17.1.